The largest absolute Gasteiger partial charge is 0.311 e. The summed E-state index contributed by atoms with van der Waals surface area (Å²) in [7, 11) is -0.659. The van der Waals surface area contributed by atoms with Crippen LogP contribution >= 0.6 is 0 Å². The standard InChI is InChI=1S/C13H28N2OS/c1-11(6-9-17(5)16)15-8-7-14-12(10-15)13(2,3)4/h11-12,14H,6-10H2,1-5H3. The van der Waals surface area contributed by atoms with Crippen molar-refractivity contribution in [3.05, 3.63) is 0 Å². The fraction of sp³-hybridized carbons (Fsp3) is 1.00. The molecule has 0 radical (unpaired) electrons. The first-order valence-electron chi connectivity index (χ1n) is 6.58. The summed E-state index contributed by atoms with van der Waals surface area (Å²) in [6.07, 6.45) is 2.84. The third-order valence-corrected chi connectivity index (χ3v) is 4.51. The van der Waals surface area contributed by atoms with Crippen LogP contribution in [0.1, 0.15) is 34.1 Å². The lowest BCUT2D eigenvalue weighted by molar-refractivity contribution is 0.103. The molecule has 0 aromatic rings. The van der Waals surface area contributed by atoms with Gasteiger partial charge in [-0.1, -0.05) is 20.8 Å². The number of piperazine rings is 1. The van der Waals surface area contributed by atoms with Gasteiger partial charge in [-0.2, -0.15) is 0 Å². The summed E-state index contributed by atoms with van der Waals surface area (Å²) in [5.74, 6) is 0.825. The predicted octanol–water partition coefficient (Wildman–Crippen LogP) is 1.46. The molecule has 0 spiro atoms. The number of hydrogen-bond acceptors (Lipinski definition) is 3. The summed E-state index contributed by atoms with van der Waals surface area (Å²) < 4.78 is 11.1. The average Bonchev–Trinajstić information content (AvgIpc) is 2.25. The zero-order chi connectivity index (χ0) is 13.1. The van der Waals surface area contributed by atoms with Gasteiger partial charge in [0.25, 0.3) is 0 Å². The highest BCUT2D eigenvalue weighted by molar-refractivity contribution is 7.84. The lowest BCUT2D eigenvalue weighted by atomic mass is 9.85. The van der Waals surface area contributed by atoms with E-state index in [1.165, 1.54) is 0 Å². The lowest BCUT2D eigenvalue weighted by Crippen LogP contribution is -2.57. The Labute approximate surface area is 109 Å². The minimum atomic E-state index is -0.659. The van der Waals surface area contributed by atoms with E-state index < -0.39 is 10.8 Å². The first-order valence-corrected chi connectivity index (χ1v) is 8.31. The van der Waals surface area contributed by atoms with E-state index in [9.17, 15) is 4.21 Å². The van der Waals surface area contributed by atoms with Gasteiger partial charge < -0.3 is 5.32 Å². The Balaban J connectivity index is 2.46. The summed E-state index contributed by atoms with van der Waals surface area (Å²) in [6, 6.07) is 1.11. The molecule has 4 heteroatoms. The Morgan fingerprint density at radius 3 is 2.65 bits per heavy atom. The number of rotatable bonds is 4. The Kier molecular flexibility index (Phi) is 5.61. The van der Waals surface area contributed by atoms with Gasteiger partial charge in [0.15, 0.2) is 0 Å². The van der Waals surface area contributed by atoms with Crippen molar-refractivity contribution < 1.29 is 4.21 Å². The topological polar surface area (TPSA) is 32.3 Å². The third-order valence-electron chi connectivity index (χ3n) is 3.70. The van der Waals surface area contributed by atoms with Crippen LogP contribution in [0.4, 0.5) is 0 Å². The zero-order valence-electron chi connectivity index (χ0n) is 12.0. The van der Waals surface area contributed by atoms with Gasteiger partial charge in [-0.25, -0.2) is 0 Å². The zero-order valence-corrected chi connectivity index (χ0v) is 12.8. The van der Waals surface area contributed by atoms with Crippen molar-refractivity contribution in [2.45, 2.75) is 46.2 Å². The van der Waals surface area contributed by atoms with Crippen LogP contribution in [0.2, 0.25) is 0 Å². The second kappa shape index (κ2) is 6.30. The average molecular weight is 260 g/mol. The molecule has 1 aliphatic heterocycles. The van der Waals surface area contributed by atoms with Crippen molar-refractivity contribution in [3.63, 3.8) is 0 Å². The van der Waals surface area contributed by atoms with E-state index in [0.29, 0.717) is 17.5 Å². The van der Waals surface area contributed by atoms with Gasteiger partial charge in [-0.05, 0) is 18.8 Å². The molecule has 1 fully saturated rings. The van der Waals surface area contributed by atoms with Gasteiger partial charge in [0.1, 0.15) is 0 Å². The van der Waals surface area contributed by atoms with Crippen LogP contribution < -0.4 is 5.32 Å². The summed E-state index contributed by atoms with van der Waals surface area (Å²) in [5.41, 5.74) is 0.311. The number of nitrogens with zero attached hydrogens (tertiary/aromatic N) is 1. The van der Waals surface area contributed by atoms with E-state index in [4.69, 9.17) is 0 Å². The van der Waals surface area contributed by atoms with Crippen molar-refractivity contribution in [3.8, 4) is 0 Å². The normalized spacial score (nSPS) is 26.8. The van der Waals surface area contributed by atoms with E-state index in [2.05, 4.69) is 37.9 Å². The third kappa shape index (κ3) is 5.06. The first-order chi connectivity index (χ1) is 7.80. The molecule has 3 atom stereocenters. The highest BCUT2D eigenvalue weighted by Gasteiger charge is 2.30. The van der Waals surface area contributed by atoms with Crippen molar-refractivity contribution >= 4 is 10.8 Å². The van der Waals surface area contributed by atoms with E-state index in [1.807, 2.05) is 0 Å². The van der Waals surface area contributed by atoms with Crippen molar-refractivity contribution in [2.75, 3.05) is 31.6 Å². The van der Waals surface area contributed by atoms with Crippen LogP contribution in [0.3, 0.4) is 0 Å². The van der Waals surface area contributed by atoms with Gasteiger partial charge in [0, 0.05) is 54.5 Å². The minimum Gasteiger partial charge on any atom is -0.311 e. The molecular formula is C13H28N2OS. The van der Waals surface area contributed by atoms with Crippen LogP contribution in [0.5, 0.6) is 0 Å². The molecule has 3 unspecified atom stereocenters. The van der Waals surface area contributed by atoms with Crippen LogP contribution in [0.15, 0.2) is 0 Å². The molecule has 0 amide bonds. The molecule has 1 saturated heterocycles. The van der Waals surface area contributed by atoms with Crippen molar-refractivity contribution in [1.82, 2.24) is 10.2 Å². The van der Waals surface area contributed by atoms with Gasteiger partial charge >= 0.3 is 0 Å². The van der Waals surface area contributed by atoms with Crippen LogP contribution in [-0.2, 0) is 10.8 Å². The molecular weight excluding hydrogens is 232 g/mol. The molecule has 1 rings (SSSR count). The monoisotopic (exact) mass is 260 g/mol. The Morgan fingerprint density at radius 2 is 2.12 bits per heavy atom. The quantitative estimate of drug-likeness (QED) is 0.831. The molecule has 1 N–H and O–H groups in total. The molecule has 17 heavy (non-hydrogen) atoms. The molecule has 3 nitrogen and oxygen atoms in total. The smallest absolute Gasteiger partial charge is 0.0246 e. The Morgan fingerprint density at radius 1 is 1.47 bits per heavy atom. The fourth-order valence-corrected chi connectivity index (χ4v) is 2.95. The second-order valence-corrected chi connectivity index (χ2v) is 7.84. The van der Waals surface area contributed by atoms with Crippen LogP contribution in [0.25, 0.3) is 0 Å². The summed E-state index contributed by atoms with van der Waals surface area (Å²) in [5, 5.41) is 3.61. The highest BCUT2D eigenvalue weighted by atomic mass is 32.2. The van der Waals surface area contributed by atoms with Crippen molar-refractivity contribution in [1.29, 1.82) is 0 Å². The number of hydrogen-bond donors (Lipinski definition) is 1. The lowest BCUT2D eigenvalue weighted by Gasteiger charge is -2.43. The van der Waals surface area contributed by atoms with E-state index in [0.717, 1.165) is 31.8 Å². The fourth-order valence-electron chi connectivity index (χ4n) is 2.27. The van der Waals surface area contributed by atoms with Gasteiger partial charge in [0.2, 0.25) is 0 Å². The Hall–Kier alpha value is 0.0700. The molecule has 1 heterocycles. The molecule has 0 saturated carbocycles. The van der Waals surface area contributed by atoms with Crippen molar-refractivity contribution in [2.24, 2.45) is 5.41 Å². The van der Waals surface area contributed by atoms with Crippen LogP contribution in [-0.4, -0.2) is 52.8 Å². The molecule has 102 valence electrons. The SMILES string of the molecule is CC(CCS(C)=O)N1CCNC(C(C)(C)C)C1. The predicted molar refractivity (Wildman–Crippen MR) is 75.8 cm³/mol. The minimum absolute atomic E-state index is 0.311. The molecule has 0 bridgehead atoms. The van der Waals surface area contributed by atoms with Gasteiger partial charge in [-0.3, -0.25) is 9.11 Å². The van der Waals surface area contributed by atoms with Gasteiger partial charge in [0.05, 0.1) is 0 Å². The summed E-state index contributed by atoms with van der Waals surface area (Å²) in [4.78, 5) is 2.54. The molecule has 0 aromatic heterocycles. The first kappa shape index (κ1) is 15.1. The maximum atomic E-state index is 11.1. The van der Waals surface area contributed by atoms with E-state index in [-0.39, 0.29) is 0 Å². The van der Waals surface area contributed by atoms with Gasteiger partial charge in [-0.15, -0.1) is 0 Å². The van der Waals surface area contributed by atoms with E-state index in [1.54, 1.807) is 6.26 Å². The van der Waals surface area contributed by atoms with Crippen LogP contribution in [0, 0.1) is 5.41 Å². The summed E-state index contributed by atoms with van der Waals surface area (Å²) in [6.45, 7) is 12.4. The highest BCUT2D eigenvalue weighted by Crippen LogP contribution is 2.23. The second-order valence-electron chi connectivity index (χ2n) is 6.28. The maximum Gasteiger partial charge on any atom is 0.0246 e. The summed E-state index contributed by atoms with van der Waals surface area (Å²) >= 11 is 0. The molecule has 0 aromatic carbocycles. The number of nitrogens with one attached hydrogen (secondary N) is 1. The molecule has 0 aliphatic carbocycles. The van der Waals surface area contributed by atoms with E-state index >= 15 is 0 Å². The Bertz CT molecular complexity index is 263. The molecule has 1 aliphatic rings. The maximum absolute atomic E-state index is 11.1.